The number of benzene rings is 2. The molecule has 0 radical (unpaired) electrons. The summed E-state index contributed by atoms with van der Waals surface area (Å²) in [6, 6.07) is 9.26. The second kappa shape index (κ2) is 10.6. The molecule has 9 nitrogen and oxygen atoms in total. The molecule has 1 atom stereocenters. The van der Waals surface area contributed by atoms with Gasteiger partial charge in [-0.3, -0.25) is 18.7 Å². The molecule has 2 heterocycles. The van der Waals surface area contributed by atoms with Crippen molar-refractivity contribution in [2.75, 3.05) is 18.1 Å². The molecule has 10 heteroatoms. The predicted octanol–water partition coefficient (Wildman–Crippen LogP) is 3.71. The maximum absolute atomic E-state index is 14.3. The minimum atomic E-state index is -1.04. The lowest BCUT2D eigenvalue weighted by molar-refractivity contribution is 0.0504. The number of carbonyl (C=O) groups is 1. The summed E-state index contributed by atoms with van der Waals surface area (Å²) < 4.78 is 21.8. The molecule has 0 aliphatic carbocycles. The second-order valence-corrected chi connectivity index (χ2v) is 9.32. The molecule has 4 rings (SSSR count). The van der Waals surface area contributed by atoms with E-state index in [1.54, 1.807) is 31.2 Å². The van der Waals surface area contributed by atoms with Gasteiger partial charge in [-0.1, -0.05) is 26.0 Å². The van der Waals surface area contributed by atoms with Crippen LogP contribution in [-0.4, -0.2) is 38.4 Å². The molecule has 1 amide bonds. The van der Waals surface area contributed by atoms with E-state index >= 15 is 0 Å². The Hall–Kier alpha value is -3.92. The number of ether oxygens (including phenoxy) is 1. The lowest BCUT2D eigenvalue weighted by atomic mass is 9.98. The van der Waals surface area contributed by atoms with Crippen LogP contribution in [0, 0.1) is 5.82 Å². The molecule has 3 aromatic rings. The van der Waals surface area contributed by atoms with E-state index in [-0.39, 0.29) is 29.5 Å². The number of aromatic nitrogens is 2. The van der Waals surface area contributed by atoms with E-state index in [1.807, 2.05) is 13.8 Å². The molecule has 2 aromatic carbocycles. The van der Waals surface area contributed by atoms with Crippen molar-refractivity contribution in [3.8, 4) is 11.5 Å². The van der Waals surface area contributed by atoms with E-state index in [2.05, 4.69) is 0 Å². The lowest BCUT2D eigenvalue weighted by Gasteiger charge is -2.23. The zero-order valence-corrected chi connectivity index (χ0v) is 21.0. The van der Waals surface area contributed by atoms with Crippen LogP contribution in [0.3, 0.4) is 0 Å². The minimum Gasteiger partial charge on any atom is -0.508 e. The van der Waals surface area contributed by atoms with Crippen molar-refractivity contribution in [2.45, 2.75) is 52.3 Å². The SMILES string of the molecule is CCN(C(=O)c1cc(C(C)C)c(O)cc1O)c1ccc(Cn2c(=O)c(F)cn(C3CCCO3)c2=O)cc1. The van der Waals surface area contributed by atoms with Gasteiger partial charge in [0.2, 0.25) is 5.82 Å². The van der Waals surface area contributed by atoms with Gasteiger partial charge in [0.05, 0.1) is 18.3 Å². The van der Waals surface area contributed by atoms with Gasteiger partial charge in [-0.25, -0.2) is 4.79 Å². The molecular weight excluding hydrogens is 481 g/mol. The van der Waals surface area contributed by atoms with Gasteiger partial charge in [0.25, 0.3) is 11.5 Å². The predicted molar refractivity (Wildman–Crippen MR) is 136 cm³/mol. The fourth-order valence-electron chi connectivity index (χ4n) is 4.49. The Morgan fingerprint density at radius 1 is 1.16 bits per heavy atom. The van der Waals surface area contributed by atoms with Crippen LogP contribution in [0.25, 0.3) is 0 Å². The number of hydrogen-bond acceptors (Lipinski definition) is 6. The standard InChI is InChI=1S/C27H30FN3O6/c1-4-29(25(34)20-12-19(16(2)3)22(32)13-23(20)33)18-9-7-17(8-10-18)14-31-26(35)21(28)15-30(27(31)36)24-6-5-11-37-24/h7-10,12-13,15-16,24,32-33H,4-6,11,14H2,1-3H3. The van der Waals surface area contributed by atoms with Crippen LogP contribution in [0.5, 0.6) is 11.5 Å². The van der Waals surface area contributed by atoms with Crippen molar-refractivity contribution in [3.63, 3.8) is 0 Å². The van der Waals surface area contributed by atoms with Crippen molar-refractivity contribution in [3.05, 3.63) is 85.9 Å². The summed E-state index contributed by atoms with van der Waals surface area (Å²) in [6.45, 7) is 6.13. The smallest absolute Gasteiger partial charge is 0.333 e. The Kier molecular flexibility index (Phi) is 7.49. The third-order valence-corrected chi connectivity index (χ3v) is 6.52. The molecule has 1 fully saturated rings. The Labute approximate surface area is 213 Å². The van der Waals surface area contributed by atoms with E-state index in [4.69, 9.17) is 4.74 Å². The number of rotatable bonds is 7. The van der Waals surface area contributed by atoms with Gasteiger partial charge in [-0.15, -0.1) is 0 Å². The molecule has 0 saturated carbocycles. The Balaban J connectivity index is 1.61. The van der Waals surface area contributed by atoms with Crippen LogP contribution in [0.4, 0.5) is 10.1 Å². The largest absolute Gasteiger partial charge is 0.508 e. The first-order valence-electron chi connectivity index (χ1n) is 12.2. The normalized spacial score (nSPS) is 15.3. The monoisotopic (exact) mass is 511 g/mol. The number of amides is 1. The first-order valence-corrected chi connectivity index (χ1v) is 12.2. The summed E-state index contributed by atoms with van der Waals surface area (Å²) in [4.78, 5) is 40.1. The average molecular weight is 512 g/mol. The molecule has 37 heavy (non-hydrogen) atoms. The van der Waals surface area contributed by atoms with Crippen LogP contribution in [0.1, 0.15) is 67.2 Å². The van der Waals surface area contributed by atoms with E-state index < -0.39 is 29.2 Å². The zero-order chi connectivity index (χ0) is 26.9. The van der Waals surface area contributed by atoms with E-state index in [0.717, 1.165) is 21.8 Å². The van der Waals surface area contributed by atoms with E-state index in [9.17, 15) is 29.0 Å². The number of anilines is 1. The number of phenolic OH excluding ortho intramolecular Hbond substituents is 2. The Bertz CT molecular complexity index is 1420. The van der Waals surface area contributed by atoms with Crippen LogP contribution in [0.2, 0.25) is 0 Å². The Morgan fingerprint density at radius 3 is 2.46 bits per heavy atom. The van der Waals surface area contributed by atoms with Gasteiger partial charge in [0.1, 0.15) is 17.7 Å². The summed E-state index contributed by atoms with van der Waals surface area (Å²) in [7, 11) is 0. The number of hydrogen-bond donors (Lipinski definition) is 2. The maximum atomic E-state index is 14.3. The van der Waals surface area contributed by atoms with Crippen molar-refractivity contribution in [1.82, 2.24) is 9.13 Å². The summed E-state index contributed by atoms with van der Waals surface area (Å²) in [5.74, 6) is -1.95. The van der Waals surface area contributed by atoms with Crippen LogP contribution in [-0.2, 0) is 11.3 Å². The van der Waals surface area contributed by atoms with Crippen LogP contribution in [0.15, 0.2) is 52.2 Å². The maximum Gasteiger partial charge on any atom is 0.333 e. The number of carbonyl (C=O) groups excluding carboxylic acids is 1. The highest BCUT2D eigenvalue weighted by Gasteiger charge is 2.24. The van der Waals surface area contributed by atoms with Gasteiger partial charge in [-0.05, 0) is 55.0 Å². The molecule has 196 valence electrons. The van der Waals surface area contributed by atoms with Crippen LogP contribution < -0.4 is 16.1 Å². The van der Waals surface area contributed by atoms with Gasteiger partial charge in [0, 0.05) is 24.9 Å². The van der Waals surface area contributed by atoms with Crippen LogP contribution >= 0.6 is 0 Å². The van der Waals surface area contributed by atoms with Crippen molar-refractivity contribution in [2.24, 2.45) is 0 Å². The highest BCUT2D eigenvalue weighted by atomic mass is 19.1. The second-order valence-electron chi connectivity index (χ2n) is 9.32. The fraction of sp³-hybridized carbons (Fsp3) is 0.370. The minimum absolute atomic E-state index is 0.0578. The number of aromatic hydroxyl groups is 2. The quantitative estimate of drug-likeness (QED) is 0.500. The van der Waals surface area contributed by atoms with Gasteiger partial charge in [-0.2, -0.15) is 4.39 Å². The summed E-state index contributed by atoms with van der Waals surface area (Å²) in [6.07, 6.45) is 1.59. The molecular formula is C27H30FN3O6. The third kappa shape index (κ3) is 5.15. The van der Waals surface area contributed by atoms with Gasteiger partial charge >= 0.3 is 5.69 Å². The summed E-state index contributed by atoms with van der Waals surface area (Å²) >= 11 is 0. The lowest BCUT2D eigenvalue weighted by Crippen LogP contribution is -2.42. The molecule has 1 aliphatic heterocycles. The van der Waals surface area contributed by atoms with Crippen molar-refractivity contribution >= 4 is 11.6 Å². The number of phenols is 2. The number of nitrogens with zero attached hydrogens (tertiary/aromatic N) is 3. The first kappa shape index (κ1) is 26.2. The zero-order valence-electron chi connectivity index (χ0n) is 21.0. The topological polar surface area (TPSA) is 114 Å². The van der Waals surface area contributed by atoms with Gasteiger partial charge < -0.3 is 19.8 Å². The Morgan fingerprint density at radius 2 is 1.86 bits per heavy atom. The van der Waals surface area contributed by atoms with Crippen molar-refractivity contribution < 1.29 is 24.1 Å². The molecule has 0 spiro atoms. The van der Waals surface area contributed by atoms with E-state index in [0.29, 0.717) is 36.4 Å². The molecule has 0 bridgehead atoms. The average Bonchev–Trinajstić information content (AvgIpc) is 3.40. The first-order chi connectivity index (χ1) is 17.6. The van der Waals surface area contributed by atoms with Crippen molar-refractivity contribution in [1.29, 1.82) is 0 Å². The molecule has 1 unspecified atom stereocenters. The molecule has 2 N–H and O–H groups in total. The summed E-state index contributed by atoms with van der Waals surface area (Å²) in [5, 5.41) is 20.4. The highest BCUT2D eigenvalue weighted by Crippen LogP contribution is 2.33. The third-order valence-electron chi connectivity index (χ3n) is 6.52. The fourth-order valence-corrected chi connectivity index (χ4v) is 4.49. The highest BCUT2D eigenvalue weighted by molar-refractivity contribution is 6.08. The molecule has 1 aromatic heterocycles. The summed E-state index contributed by atoms with van der Waals surface area (Å²) in [5.41, 5.74) is 0.0211. The van der Waals surface area contributed by atoms with Gasteiger partial charge in [0.15, 0.2) is 0 Å². The van der Waals surface area contributed by atoms with E-state index in [1.165, 1.54) is 17.0 Å². The molecule has 1 saturated heterocycles. The number of halogens is 1. The molecule has 1 aliphatic rings.